The van der Waals surface area contributed by atoms with Crippen LogP contribution < -0.4 is 16.0 Å². The van der Waals surface area contributed by atoms with E-state index in [1.54, 1.807) is 48.2 Å². The number of nitrogens with one attached hydrogen (secondary N) is 3. The largest absolute Gasteiger partial charge is 0.460 e. The zero-order chi connectivity index (χ0) is 24.5. The van der Waals surface area contributed by atoms with Gasteiger partial charge in [0.25, 0.3) is 0 Å². The second-order valence-electron chi connectivity index (χ2n) is 7.73. The van der Waals surface area contributed by atoms with Crippen LogP contribution in [0, 0.1) is 0 Å². The van der Waals surface area contributed by atoms with E-state index in [1.165, 1.54) is 7.11 Å². The zero-order valence-corrected chi connectivity index (χ0v) is 19.6. The first kappa shape index (κ1) is 24.8. The molecule has 9 nitrogen and oxygen atoms in total. The van der Waals surface area contributed by atoms with Crippen molar-refractivity contribution in [2.45, 2.75) is 26.3 Å². The quantitative estimate of drug-likeness (QED) is 0.378. The van der Waals surface area contributed by atoms with E-state index >= 15 is 0 Å². The van der Waals surface area contributed by atoms with Gasteiger partial charge in [-0.3, -0.25) is 4.90 Å². The minimum absolute atomic E-state index is 0.111. The third kappa shape index (κ3) is 6.14. The Morgan fingerprint density at radius 1 is 1.00 bits per heavy atom. The monoisotopic (exact) mass is 466 g/mol. The van der Waals surface area contributed by atoms with Gasteiger partial charge in [-0.1, -0.05) is 37.3 Å². The fourth-order valence-corrected chi connectivity index (χ4v) is 3.66. The van der Waals surface area contributed by atoms with Gasteiger partial charge in [-0.15, -0.1) is 0 Å². The lowest BCUT2D eigenvalue weighted by Crippen LogP contribution is -2.48. The van der Waals surface area contributed by atoms with E-state index in [2.05, 4.69) is 16.0 Å². The van der Waals surface area contributed by atoms with E-state index in [0.717, 1.165) is 6.42 Å². The maximum atomic E-state index is 12.9. The van der Waals surface area contributed by atoms with Crippen molar-refractivity contribution in [3.05, 3.63) is 71.4 Å². The number of esters is 1. The van der Waals surface area contributed by atoms with Crippen LogP contribution >= 0.6 is 0 Å². The lowest BCUT2D eigenvalue weighted by molar-refractivity contribution is -0.140. The molecule has 0 bridgehead atoms. The van der Waals surface area contributed by atoms with Crippen LogP contribution in [0.5, 0.6) is 0 Å². The Balaban J connectivity index is 1.79. The first-order chi connectivity index (χ1) is 16.4. The third-order valence-corrected chi connectivity index (χ3v) is 5.32. The summed E-state index contributed by atoms with van der Waals surface area (Å²) in [6, 6.07) is 14.7. The van der Waals surface area contributed by atoms with Gasteiger partial charge in [-0.25, -0.2) is 14.4 Å². The lowest BCUT2D eigenvalue weighted by atomic mass is 9.94. The molecule has 2 aromatic carbocycles. The van der Waals surface area contributed by atoms with E-state index < -0.39 is 12.0 Å². The van der Waals surface area contributed by atoms with Gasteiger partial charge >= 0.3 is 18.0 Å². The summed E-state index contributed by atoms with van der Waals surface area (Å²) >= 11 is 0. The van der Waals surface area contributed by atoms with Crippen molar-refractivity contribution in [3.63, 3.8) is 0 Å². The SMILES string of the molecule is CCCN1C(=O)NC(c2ccc(NC(=O)Nc3ccccc3)cc2)C(C(=O)OCCOC)=C1C. The van der Waals surface area contributed by atoms with E-state index in [4.69, 9.17) is 9.47 Å². The smallest absolute Gasteiger partial charge is 0.338 e. The van der Waals surface area contributed by atoms with Crippen molar-refractivity contribution >= 4 is 29.4 Å². The van der Waals surface area contributed by atoms with Gasteiger partial charge in [0.15, 0.2) is 0 Å². The van der Waals surface area contributed by atoms with Crippen molar-refractivity contribution in [1.29, 1.82) is 0 Å². The first-order valence-electron chi connectivity index (χ1n) is 11.1. The van der Waals surface area contributed by atoms with Crippen molar-refractivity contribution in [3.8, 4) is 0 Å². The summed E-state index contributed by atoms with van der Waals surface area (Å²) in [5, 5.41) is 8.43. The molecular weight excluding hydrogens is 436 g/mol. The number of benzene rings is 2. The molecule has 3 rings (SSSR count). The number of carbonyl (C=O) groups excluding carboxylic acids is 3. The molecule has 0 aliphatic carbocycles. The number of anilines is 2. The minimum Gasteiger partial charge on any atom is -0.460 e. The number of hydrogen-bond acceptors (Lipinski definition) is 5. The first-order valence-corrected chi connectivity index (χ1v) is 11.1. The fourth-order valence-electron chi connectivity index (χ4n) is 3.66. The Morgan fingerprint density at radius 3 is 2.26 bits per heavy atom. The van der Waals surface area contributed by atoms with Crippen LogP contribution in [0.1, 0.15) is 31.9 Å². The number of amides is 4. The molecule has 0 saturated heterocycles. The van der Waals surface area contributed by atoms with E-state index in [0.29, 0.717) is 34.8 Å². The average molecular weight is 467 g/mol. The Bertz CT molecular complexity index is 1040. The zero-order valence-electron chi connectivity index (χ0n) is 19.6. The molecule has 1 heterocycles. The van der Waals surface area contributed by atoms with Gasteiger partial charge in [-0.05, 0) is 43.2 Å². The molecule has 180 valence electrons. The van der Waals surface area contributed by atoms with Gasteiger partial charge < -0.3 is 25.4 Å². The van der Waals surface area contributed by atoms with E-state index in [-0.39, 0.29) is 25.3 Å². The van der Waals surface area contributed by atoms with Crippen LogP contribution in [0.4, 0.5) is 21.0 Å². The molecule has 0 spiro atoms. The van der Waals surface area contributed by atoms with Crippen molar-refractivity contribution < 1.29 is 23.9 Å². The number of allylic oxidation sites excluding steroid dienone is 1. The standard InChI is InChI=1S/C25H30N4O5/c1-4-14-29-17(2)21(23(30)34-16-15-33-3)22(28-25(29)32)18-10-12-20(13-11-18)27-24(31)26-19-8-6-5-7-9-19/h5-13,22H,4,14-16H2,1-3H3,(H,28,32)(H2,26,27,31). The van der Waals surface area contributed by atoms with Gasteiger partial charge in [-0.2, -0.15) is 0 Å². The number of ether oxygens (including phenoxy) is 2. The van der Waals surface area contributed by atoms with E-state index in [1.807, 2.05) is 25.1 Å². The number of carbonyl (C=O) groups is 3. The molecular formula is C25H30N4O5. The van der Waals surface area contributed by atoms with Crippen LogP contribution in [0.25, 0.3) is 0 Å². The third-order valence-electron chi connectivity index (χ3n) is 5.32. The summed E-state index contributed by atoms with van der Waals surface area (Å²) in [6.07, 6.45) is 0.743. The summed E-state index contributed by atoms with van der Waals surface area (Å²) in [4.78, 5) is 39.5. The number of methoxy groups -OCH3 is 1. The van der Waals surface area contributed by atoms with Gasteiger partial charge in [0, 0.05) is 30.7 Å². The molecule has 0 radical (unpaired) electrons. The second kappa shape index (κ2) is 11.9. The highest BCUT2D eigenvalue weighted by Gasteiger charge is 2.36. The molecule has 1 atom stereocenters. The Morgan fingerprint density at radius 2 is 1.65 bits per heavy atom. The minimum atomic E-state index is -0.678. The summed E-state index contributed by atoms with van der Waals surface area (Å²) in [5.74, 6) is -0.509. The fraction of sp³-hybridized carbons (Fsp3) is 0.320. The van der Waals surface area contributed by atoms with Gasteiger partial charge in [0.05, 0.1) is 18.2 Å². The highest BCUT2D eigenvalue weighted by Crippen LogP contribution is 2.32. The maximum Gasteiger partial charge on any atom is 0.338 e. The predicted octanol–water partition coefficient (Wildman–Crippen LogP) is 4.27. The Kier molecular flexibility index (Phi) is 8.64. The number of para-hydroxylation sites is 1. The summed E-state index contributed by atoms with van der Waals surface area (Å²) in [5.41, 5.74) is 2.86. The van der Waals surface area contributed by atoms with Crippen LogP contribution in [0.3, 0.4) is 0 Å². The van der Waals surface area contributed by atoms with Crippen LogP contribution in [0.2, 0.25) is 0 Å². The highest BCUT2D eigenvalue weighted by molar-refractivity contribution is 5.99. The molecule has 9 heteroatoms. The summed E-state index contributed by atoms with van der Waals surface area (Å²) in [7, 11) is 1.53. The number of urea groups is 2. The molecule has 0 fully saturated rings. The number of hydrogen-bond donors (Lipinski definition) is 3. The average Bonchev–Trinajstić information content (AvgIpc) is 2.82. The van der Waals surface area contributed by atoms with Crippen LogP contribution in [-0.4, -0.2) is 49.8 Å². The van der Waals surface area contributed by atoms with Crippen molar-refractivity contribution in [2.24, 2.45) is 0 Å². The molecule has 1 aliphatic rings. The number of nitrogens with zero attached hydrogens (tertiary/aromatic N) is 1. The number of rotatable bonds is 9. The molecule has 34 heavy (non-hydrogen) atoms. The van der Waals surface area contributed by atoms with Crippen molar-refractivity contribution in [1.82, 2.24) is 10.2 Å². The van der Waals surface area contributed by atoms with Crippen molar-refractivity contribution in [2.75, 3.05) is 37.5 Å². The van der Waals surface area contributed by atoms with Crippen LogP contribution in [-0.2, 0) is 14.3 Å². The van der Waals surface area contributed by atoms with E-state index in [9.17, 15) is 14.4 Å². The molecule has 0 aromatic heterocycles. The molecule has 4 amide bonds. The molecule has 0 saturated carbocycles. The van der Waals surface area contributed by atoms with Crippen LogP contribution in [0.15, 0.2) is 65.9 Å². The molecule has 2 aromatic rings. The predicted molar refractivity (Wildman–Crippen MR) is 129 cm³/mol. The summed E-state index contributed by atoms with van der Waals surface area (Å²) in [6.45, 7) is 4.58. The summed E-state index contributed by atoms with van der Waals surface area (Å²) < 4.78 is 10.3. The Labute approximate surface area is 199 Å². The Hall–Kier alpha value is -3.85. The second-order valence-corrected chi connectivity index (χ2v) is 7.73. The molecule has 1 unspecified atom stereocenters. The van der Waals surface area contributed by atoms with Gasteiger partial charge in [0.2, 0.25) is 0 Å². The van der Waals surface area contributed by atoms with Gasteiger partial charge in [0.1, 0.15) is 6.61 Å². The normalized spacial score (nSPS) is 15.6. The maximum absolute atomic E-state index is 12.9. The highest BCUT2D eigenvalue weighted by atomic mass is 16.6. The topological polar surface area (TPSA) is 109 Å². The molecule has 1 aliphatic heterocycles. The molecule has 3 N–H and O–H groups in total. The lowest BCUT2D eigenvalue weighted by Gasteiger charge is -2.35.